The van der Waals surface area contributed by atoms with E-state index in [2.05, 4.69) is 0 Å². The molecule has 2 rings (SSSR count). The second-order valence-corrected chi connectivity index (χ2v) is 4.77. The van der Waals surface area contributed by atoms with E-state index < -0.39 is 11.6 Å². The number of Topliss-reactive ketones (excluding diaryl/α,β-unsaturated/α-hetero) is 3. The first-order valence-electron chi connectivity index (χ1n) is 6.78. The molecule has 0 radical (unpaired) electrons. The standard InChI is InChI=1S/C16H16O5/c1-11-8-9-14(21-11)12(17)5-2-3-6-13(18)16(19)15-7-4-10-20-15/h4,7-10H,2-3,5-6H2,1H3. The van der Waals surface area contributed by atoms with Gasteiger partial charge in [0.15, 0.2) is 17.3 Å². The molecule has 0 N–H and O–H groups in total. The minimum atomic E-state index is -0.618. The van der Waals surface area contributed by atoms with E-state index in [1.54, 1.807) is 25.1 Å². The maximum absolute atomic E-state index is 11.8. The van der Waals surface area contributed by atoms with E-state index >= 15 is 0 Å². The lowest BCUT2D eigenvalue weighted by Crippen LogP contribution is -2.13. The summed E-state index contributed by atoms with van der Waals surface area (Å²) >= 11 is 0. The number of hydrogen-bond donors (Lipinski definition) is 0. The van der Waals surface area contributed by atoms with Gasteiger partial charge >= 0.3 is 0 Å². The maximum Gasteiger partial charge on any atom is 0.263 e. The number of unbranched alkanes of at least 4 members (excludes halogenated alkanes) is 1. The summed E-state index contributed by atoms with van der Waals surface area (Å²) in [5.41, 5.74) is 0. The molecule has 110 valence electrons. The van der Waals surface area contributed by atoms with Crippen molar-refractivity contribution in [3.63, 3.8) is 0 Å². The van der Waals surface area contributed by atoms with Gasteiger partial charge in [0.2, 0.25) is 5.78 Å². The first kappa shape index (κ1) is 15.0. The number of rotatable bonds is 8. The predicted molar refractivity (Wildman–Crippen MR) is 74.3 cm³/mol. The Labute approximate surface area is 121 Å². The number of carbonyl (C=O) groups is 3. The number of carbonyl (C=O) groups excluding carboxylic acids is 3. The fourth-order valence-electron chi connectivity index (χ4n) is 1.94. The molecule has 0 saturated carbocycles. The Bertz CT molecular complexity index is 633. The highest BCUT2D eigenvalue weighted by Gasteiger charge is 2.18. The normalized spacial score (nSPS) is 10.5. The molecule has 0 saturated heterocycles. The molecule has 0 aromatic carbocycles. The summed E-state index contributed by atoms with van der Waals surface area (Å²) in [5.74, 6) is -0.114. The Kier molecular flexibility index (Phi) is 4.87. The number of furan rings is 2. The van der Waals surface area contributed by atoms with Crippen LogP contribution in [-0.2, 0) is 4.79 Å². The van der Waals surface area contributed by atoms with Crippen molar-refractivity contribution in [3.8, 4) is 0 Å². The average molecular weight is 288 g/mol. The molecule has 0 fully saturated rings. The Hall–Kier alpha value is -2.43. The molecule has 0 atom stereocenters. The maximum atomic E-state index is 11.8. The third-order valence-electron chi connectivity index (χ3n) is 3.07. The topological polar surface area (TPSA) is 77.5 Å². The van der Waals surface area contributed by atoms with E-state index in [9.17, 15) is 14.4 Å². The minimum absolute atomic E-state index is 0.0575. The van der Waals surface area contributed by atoms with Gasteiger partial charge in [0.05, 0.1) is 6.26 Å². The Morgan fingerprint density at radius 3 is 2.38 bits per heavy atom. The van der Waals surface area contributed by atoms with Crippen LogP contribution in [0.3, 0.4) is 0 Å². The van der Waals surface area contributed by atoms with Crippen LogP contribution in [-0.4, -0.2) is 17.3 Å². The second kappa shape index (κ2) is 6.83. The lowest BCUT2D eigenvalue weighted by Gasteiger charge is -1.99. The van der Waals surface area contributed by atoms with Gasteiger partial charge in [-0.25, -0.2) is 0 Å². The van der Waals surface area contributed by atoms with Gasteiger partial charge in [-0.1, -0.05) is 0 Å². The minimum Gasteiger partial charge on any atom is -0.461 e. The highest BCUT2D eigenvalue weighted by Crippen LogP contribution is 2.12. The molecule has 5 heteroatoms. The van der Waals surface area contributed by atoms with E-state index in [1.807, 2.05) is 0 Å². The first-order chi connectivity index (χ1) is 10.1. The molecule has 5 nitrogen and oxygen atoms in total. The van der Waals surface area contributed by atoms with Gasteiger partial charge in [0.25, 0.3) is 5.78 Å². The van der Waals surface area contributed by atoms with E-state index in [0.29, 0.717) is 30.8 Å². The number of hydrogen-bond acceptors (Lipinski definition) is 5. The second-order valence-electron chi connectivity index (χ2n) is 4.77. The summed E-state index contributed by atoms with van der Waals surface area (Å²) in [5, 5.41) is 0. The summed E-state index contributed by atoms with van der Waals surface area (Å²) in [7, 11) is 0. The zero-order chi connectivity index (χ0) is 15.2. The smallest absolute Gasteiger partial charge is 0.263 e. The fourth-order valence-corrected chi connectivity index (χ4v) is 1.94. The summed E-state index contributed by atoms with van der Waals surface area (Å²) in [4.78, 5) is 35.0. The summed E-state index contributed by atoms with van der Waals surface area (Å²) in [6.07, 6.45) is 2.79. The van der Waals surface area contributed by atoms with Crippen LogP contribution in [0.5, 0.6) is 0 Å². The van der Waals surface area contributed by atoms with Gasteiger partial charge < -0.3 is 8.83 Å². The van der Waals surface area contributed by atoms with Crippen molar-refractivity contribution in [2.24, 2.45) is 0 Å². The van der Waals surface area contributed by atoms with Crippen molar-refractivity contribution in [2.45, 2.75) is 32.6 Å². The molecule has 0 bridgehead atoms. The van der Waals surface area contributed by atoms with Crippen molar-refractivity contribution < 1.29 is 23.2 Å². The number of aryl methyl sites for hydroxylation is 1. The molecule has 2 heterocycles. The molecule has 0 aliphatic heterocycles. The lowest BCUT2D eigenvalue weighted by atomic mass is 10.1. The van der Waals surface area contributed by atoms with Crippen molar-refractivity contribution >= 4 is 17.3 Å². The van der Waals surface area contributed by atoms with Gasteiger partial charge in [-0.2, -0.15) is 0 Å². The van der Waals surface area contributed by atoms with Crippen LogP contribution in [0.25, 0.3) is 0 Å². The fraction of sp³-hybridized carbons (Fsp3) is 0.312. The van der Waals surface area contributed by atoms with Gasteiger partial charge in [0, 0.05) is 12.8 Å². The third kappa shape index (κ3) is 4.02. The molecular formula is C16H16O5. The predicted octanol–water partition coefficient (Wildman–Crippen LogP) is 3.38. The quantitative estimate of drug-likeness (QED) is 0.423. The van der Waals surface area contributed by atoms with Crippen molar-refractivity contribution in [3.05, 3.63) is 47.8 Å². The molecule has 0 aliphatic rings. The van der Waals surface area contributed by atoms with Gasteiger partial charge in [-0.3, -0.25) is 14.4 Å². The van der Waals surface area contributed by atoms with E-state index in [1.165, 1.54) is 12.3 Å². The van der Waals surface area contributed by atoms with Crippen LogP contribution in [0.15, 0.2) is 39.4 Å². The highest BCUT2D eigenvalue weighted by atomic mass is 16.3. The molecule has 0 spiro atoms. The van der Waals surface area contributed by atoms with E-state index in [-0.39, 0.29) is 18.0 Å². The zero-order valence-electron chi connectivity index (χ0n) is 11.8. The Balaban J connectivity index is 1.71. The molecule has 0 unspecified atom stereocenters. The van der Waals surface area contributed by atoms with Crippen molar-refractivity contribution in [1.82, 2.24) is 0 Å². The van der Waals surface area contributed by atoms with Crippen molar-refractivity contribution in [1.29, 1.82) is 0 Å². The van der Waals surface area contributed by atoms with Crippen LogP contribution in [0.1, 0.15) is 52.6 Å². The van der Waals surface area contributed by atoms with Crippen molar-refractivity contribution in [2.75, 3.05) is 0 Å². The molecule has 0 amide bonds. The van der Waals surface area contributed by atoms with Crippen LogP contribution in [0, 0.1) is 6.92 Å². The Morgan fingerprint density at radius 1 is 1.00 bits per heavy atom. The molecule has 21 heavy (non-hydrogen) atoms. The van der Waals surface area contributed by atoms with E-state index in [0.717, 1.165) is 0 Å². The van der Waals surface area contributed by atoms with E-state index in [4.69, 9.17) is 8.83 Å². The first-order valence-corrected chi connectivity index (χ1v) is 6.78. The molecular weight excluding hydrogens is 272 g/mol. The van der Waals surface area contributed by atoms with Crippen LogP contribution in [0.4, 0.5) is 0 Å². The third-order valence-corrected chi connectivity index (χ3v) is 3.07. The number of ketones is 3. The summed E-state index contributed by atoms with van der Waals surface area (Å²) in [6, 6.07) is 6.40. The molecule has 0 aliphatic carbocycles. The molecule has 2 aromatic heterocycles. The summed E-state index contributed by atoms with van der Waals surface area (Å²) in [6.45, 7) is 1.77. The zero-order valence-corrected chi connectivity index (χ0v) is 11.8. The lowest BCUT2D eigenvalue weighted by molar-refractivity contribution is -0.115. The Morgan fingerprint density at radius 2 is 1.76 bits per heavy atom. The average Bonchev–Trinajstić information content (AvgIpc) is 3.13. The monoisotopic (exact) mass is 288 g/mol. The van der Waals surface area contributed by atoms with Gasteiger partial charge in [-0.15, -0.1) is 0 Å². The molecule has 2 aromatic rings. The largest absolute Gasteiger partial charge is 0.461 e. The van der Waals surface area contributed by atoms with Crippen LogP contribution >= 0.6 is 0 Å². The highest BCUT2D eigenvalue weighted by molar-refractivity contribution is 6.42. The SMILES string of the molecule is Cc1ccc(C(=O)CCCCC(=O)C(=O)c2ccco2)o1. The van der Waals surface area contributed by atoms with Crippen LogP contribution < -0.4 is 0 Å². The van der Waals surface area contributed by atoms with Gasteiger partial charge in [-0.05, 0) is 44.0 Å². The summed E-state index contributed by atoms with van der Waals surface area (Å²) < 4.78 is 10.1. The van der Waals surface area contributed by atoms with Gasteiger partial charge in [0.1, 0.15) is 5.76 Å². The van der Waals surface area contributed by atoms with Crippen LogP contribution in [0.2, 0.25) is 0 Å².